The van der Waals surface area contributed by atoms with E-state index in [1.54, 1.807) is 10.9 Å². The molecule has 0 radical (unpaired) electrons. The van der Waals surface area contributed by atoms with Gasteiger partial charge in [0.1, 0.15) is 23.6 Å². The molecule has 2 aromatic heterocycles. The molecule has 0 saturated heterocycles. The first-order valence-electron chi connectivity index (χ1n) is 7.33. The van der Waals surface area contributed by atoms with Crippen molar-refractivity contribution in [1.82, 2.24) is 20.0 Å². The molecule has 0 amide bonds. The maximum Gasteiger partial charge on any atom is 0.146 e. The minimum absolute atomic E-state index is 0.350. The van der Waals surface area contributed by atoms with Crippen LogP contribution >= 0.6 is 0 Å². The van der Waals surface area contributed by atoms with Gasteiger partial charge in [0, 0.05) is 11.6 Å². The Labute approximate surface area is 133 Å². The first-order chi connectivity index (χ1) is 11.4. The molecule has 0 N–H and O–H groups in total. The van der Waals surface area contributed by atoms with E-state index in [2.05, 4.69) is 15.3 Å². The van der Waals surface area contributed by atoms with Gasteiger partial charge in [0.05, 0.1) is 11.9 Å². The third-order valence-corrected chi connectivity index (χ3v) is 3.53. The number of pyridine rings is 1. The number of hydrogen-bond donors (Lipinski definition) is 0. The monoisotopic (exact) mass is 302 g/mol. The van der Waals surface area contributed by atoms with E-state index in [9.17, 15) is 0 Å². The Balaban J connectivity index is 1.54. The van der Waals surface area contributed by atoms with Crippen molar-refractivity contribution < 1.29 is 4.74 Å². The van der Waals surface area contributed by atoms with Crippen LogP contribution in [-0.4, -0.2) is 20.0 Å². The highest BCUT2D eigenvalue weighted by Gasteiger charge is 2.06. The van der Waals surface area contributed by atoms with E-state index < -0.39 is 0 Å². The van der Waals surface area contributed by atoms with Crippen LogP contribution in [0.15, 0.2) is 73.1 Å². The van der Waals surface area contributed by atoms with Crippen LogP contribution in [0.5, 0.6) is 5.75 Å². The van der Waals surface area contributed by atoms with Gasteiger partial charge in [0.2, 0.25) is 0 Å². The Morgan fingerprint density at radius 3 is 2.70 bits per heavy atom. The predicted molar refractivity (Wildman–Crippen MR) is 87.4 cm³/mol. The summed E-state index contributed by atoms with van der Waals surface area (Å²) in [7, 11) is 0. The van der Waals surface area contributed by atoms with E-state index in [-0.39, 0.29) is 0 Å². The van der Waals surface area contributed by atoms with Crippen molar-refractivity contribution in [3.63, 3.8) is 0 Å². The number of aromatic nitrogens is 4. The summed E-state index contributed by atoms with van der Waals surface area (Å²) in [6.45, 7) is 0.350. The summed E-state index contributed by atoms with van der Waals surface area (Å²) in [4.78, 5) is 4.38. The molecule has 0 unspecified atom stereocenters. The Morgan fingerprint density at radius 2 is 1.78 bits per heavy atom. The highest BCUT2D eigenvalue weighted by atomic mass is 16.5. The molecule has 0 aliphatic rings. The molecule has 0 aliphatic carbocycles. The second-order valence-electron chi connectivity index (χ2n) is 5.11. The summed E-state index contributed by atoms with van der Waals surface area (Å²) >= 11 is 0. The van der Waals surface area contributed by atoms with Crippen LogP contribution in [0.1, 0.15) is 5.69 Å². The molecule has 0 fully saturated rings. The predicted octanol–water partition coefficient (Wildman–Crippen LogP) is 3.39. The van der Waals surface area contributed by atoms with E-state index in [0.717, 1.165) is 28.0 Å². The SMILES string of the molecule is c1ccc(-n2cc(COc3cccc4cccnc34)nn2)cc1. The fraction of sp³-hybridized carbons (Fsp3) is 0.0556. The maximum atomic E-state index is 5.88. The van der Waals surface area contributed by atoms with Crippen molar-refractivity contribution in [1.29, 1.82) is 0 Å². The van der Waals surface area contributed by atoms with Gasteiger partial charge in [0.25, 0.3) is 0 Å². The molecule has 4 aromatic rings. The fourth-order valence-corrected chi connectivity index (χ4v) is 2.42. The van der Waals surface area contributed by atoms with Gasteiger partial charge >= 0.3 is 0 Å². The van der Waals surface area contributed by atoms with Crippen molar-refractivity contribution >= 4 is 10.9 Å². The topological polar surface area (TPSA) is 52.8 Å². The zero-order valence-electron chi connectivity index (χ0n) is 12.3. The molecule has 23 heavy (non-hydrogen) atoms. The Morgan fingerprint density at radius 1 is 0.913 bits per heavy atom. The largest absolute Gasteiger partial charge is 0.485 e. The quantitative estimate of drug-likeness (QED) is 0.580. The van der Waals surface area contributed by atoms with E-state index in [4.69, 9.17) is 4.74 Å². The van der Waals surface area contributed by atoms with Gasteiger partial charge in [-0.1, -0.05) is 41.6 Å². The van der Waals surface area contributed by atoms with Crippen LogP contribution in [0.2, 0.25) is 0 Å². The van der Waals surface area contributed by atoms with Crippen molar-refractivity contribution in [2.45, 2.75) is 6.61 Å². The lowest BCUT2D eigenvalue weighted by Gasteiger charge is -2.06. The van der Waals surface area contributed by atoms with Crippen LogP contribution in [0.25, 0.3) is 16.6 Å². The zero-order valence-corrected chi connectivity index (χ0v) is 12.3. The smallest absolute Gasteiger partial charge is 0.146 e. The van der Waals surface area contributed by atoms with Gasteiger partial charge in [-0.2, -0.15) is 0 Å². The van der Waals surface area contributed by atoms with Crippen molar-refractivity contribution in [3.05, 3.63) is 78.8 Å². The molecule has 112 valence electrons. The zero-order chi connectivity index (χ0) is 15.5. The second kappa shape index (κ2) is 5.88. The summed E-state index contributed by atoms with van der Waals surface area (Å²) in [6.07, 6.45) is 3.63. The van der Waals surface area contributed by atoms with Gasteiger partial charge in [0.15, 0.2) is 0 Å². The average Bonchev–Trinajstić information content (AvgIpc) is 3.10. The molecule has 5 heteroatoms. The molecular formula is C18H14N4O. The summed E-state index contributed by atoms with van der Waals surface area (Å²) in [5.41, 5.74) is 2.59. The first-order valence-corrected chi connectivity index (χ1v) is 7.33. The second-order valence-corrected chi connectivity index (χ2v) is 5.11. The lowest BCUT2D eigenvalue weighted by atomic mass is 10.2. The molecule has 0 atom stereocenters. The van der Waals surface area contributed by atoms with E-state index in [0.29, 0.717) is 6.61 Å². The Kier molecular flexibility index (Phi) is 3.44. The number of para-hydroxylation sites is 2. The molecule has 5 nitrogen and oxygen atoms in total. The number of benzene rings is 2. The first kappa shape index (κ1) is 13.5. The van der Waals surface area contributed by atoms with E-state index in [1.807, 2.05) is 66.9 Å². The summed E-state index contributed by atoms with van der Waals surface area (Å²) in [5, 5.41) is 9.34. The average molecular weight is 302 g/mol. The highest BCUT2D eigenvalue weighted by molar-refractivity contribution is 5.84. The van der Waals surface area contributed by atoms with Gasteiger partial charge in [-0.3, -0.25) is 4.98 Å². The molecule has 4 rings (SSSR count). The number of nitrogens with zero attached hydrogens (tertiary/aromatic N) is 4. The molecule has 0 spiro atoms. The van der Waals surface area contributed by atoms with E-state index in [1.165, 1.54) is 0 Å². The lowest BCUT2D eigenvalue weighted by molar-refractivity contribution is 0.304. The molecule has 0 saturated carbocycles. The van der Waals surface area contributed by atoms with Crippen LogP contribution < -0.4 is 4.74 Å². The van der Waals surface area contributed by atoms with Gasteiger partial charge in [-0.15, -0.1) is 5.10 Å². The Bertz CT molecular complexity index is 929. The molecule has 2 aromatic carbocycles. The third-order valence-electron chi connectivity index (χ3n) is 3.53. The van der Waals surface area contributed by atoms with Crippen molar-refractivity contribution in [2.75, 3.05) is 0 Å². The van der Waals surface area contributed by atoms with Crippen LogP contribution in [-0.2, 0) is 6.61 Å². The normalized spacial score (nSPS) is 10.8. The van der Waals surface area contributed by atoms with Gasteiger partial charge in [-0.25, -0.2) is 4.68 Å². The van der Waals surface area contributed by atoms with Gasteiger partial charge in [-0.05, 0) is 24.3 Å². The lowest BCUT2D eigenvalue weighted by Crippen LogP contribution is -1.97. The Hall–Kier alpha value is -3.21. The van der Waals surface area contributed by atoms with Crippen LogP contribution in [0.4, 0.5) is 0 Å². The minimum atomic E-state index is 0.350. The molecule has 0 aliphatic heterocycles. The molecular weight excluding hydrogens is 288 g/mol. The number of hydrogen-bond acceptors (Lipinski definition) is 4. The third kappa shape index (κ3) is 2.76. The van der Waals surface area contributed by atoms with Crippen molar-refractivity contribution in [2.24, 2.45) is 0 Å². The number of fused-ring (bicyclic) bond motifs is 1. The highest BCUT2D eigenvalue weighted by Crippen LogP contribution is 2.23. The standard InChI is InChI=1S/C18H14N4O/c1-2-8-16(9-3-1)22-12-15(20-21-22)13-23-17-10-4-6-14-7-5-11-19-18(14)17/h1-12H,13H2. The van der Waals surface area contributed by atoms with Crippen LogP contribution in [0, 0.1) is 0 Å². The van der Waals surface area contributed by atoms with Crippen molar-refractivity contribution in [3.8, 4) is 11.4 Å². The summed E-state index contributed by atoms with van der Waals surface area (Å²) < 4.78 is 7.61. The molecule has 2 heterocycles. The van der Waals surface area contributed by atoms with Crippen LogP contribution in [0.3, 0.4) is 0 Å². The molecule has 0 bridgehead atoms. The number of rotatable bonds is 4. The maximum absolute atomic E-state index is 5.88. The van der Waals surface area contributed by atoms with E-state index >= 15 is 0 Å². The minimum Gasteiger partial charge on any atom is -0.485 e. The number of ether oxygens (including phenoxy) is 1. The fourth-order valence-electron chi connectivity index (χ4n) is 2.42. The summed E-state index contributed by atoms with van der Waals surface area (Å²) in [6, 6.07) is 19.7. The summed E-state index contributed by atoms with van der Waals surface area (Å²) in [5.74, 6) is 0.748. The van der Waals surface area contributed by atoms with Gasteiger partial charge < -0.3 is 4.74 Å².